The second-order valence-electron chi connectivity index (χ2n) is 9.30. The second kappa shape index (κ2) is 10.8. The molecule has 0 bridgehead atoms. The highest BCUT2D eigenvalue weighted by Gasteiger charge is 2.32. The molecule has 1 heterocycles. The standard InChI is InChI=1S/C24H32F3N3O3S/c1-8-9-12-30-18(21(32)33-7)19(14(2)3)34-22(30)28-20(31)16-13-15(24(25,26)27)10-11-17(16)29-23(4,5)6/h10-11,13-14,29H,8-9,12H2,1-7H3. The number of nitrogens with zero attached hydrogens (tertiary/aromatic N) is 2. The fourth-order valence-electron chi connectivity index (χ4n) is 3.29. The van der Waals surface area contributed by atoms with Gasteiger partial charge in [0.05, 0.1) is 18.2 Å². The number of alkyl halides is 3. The number of benzene rings is 1. The molecule has 1 aromatic heterocycles. The first kappa shape index (κ1) is 27.6. The third kappa shape index (κ3) is 6.71. The molecule has 0 saturated carbocycles. The van der Waals surface area contributed by atoms with Crippen molar-refractivity contribution < 1.29 is 27.5 Å². The molecule has 0 aliphatic carbocycles. The quantitative estimate of drug-likeness (QED) is 0.459. The second-order valence-corrected chi connectivity index (χ2v) is 10.3. The van der Waals surface area contributed by atoms with Gasteiger partial charge in [0, 0.05) is 22.6 Å². The predicted octanol–water partition coefficient (Wildman–Crippen LogP) is 6.23. The molecule has 0 radical (unpaired) electrons. The van der Waals surface area contributed by atoms with Gasteiger partial charge in [-0.25, -0.2) is 4.79 Å². The van der Waals surface area contributed by atoms with Crippen molar-refractivity contribution in [1.29, 1.82) is 0 Å². The molecule has 0 atom stereocenters. The van der Waals surface area contributed by atoms with Gasteiger partial charge in [-0.05, 0) is 51.3 Å². The summed E-state index contributed by atoms with van der Waals surface area (Å²) in [5.41, 5.74) is -1.05. The van der Waals surface area contributed by atoms with Gasteiger partial charge in [-0.15, -0.1) is 11.3 Å². The topological polar surface area (TPSA) is 72.7 Å². The maximum Gasteiger partial charge on any atom is 0.416 e. The SMILES string of the molecule is CCCCn1c(C(=O)OC)c(C(C)C)sc1=NC(=O)c1cc(C(F)(F)F)ccc1NC(C)(C)C. The lowest BCUT2D eigenvalue weighted by Crippen LogP contribution is -2.28. The number of hydrogen-bond donors (Lipinski definition) is 1. The van der Waals surface area contributed by atoms with Crippen LogP contribution in [-0.4, -0.2) is 29.1 Å². The number of anilines is 1. The minimum Gasteiger partial charge on any atom is -0.464 e. The van der Waals surface area contributed by atoms with Gasteiger partial charge in [0.1, 0.15) is 5.69 Å². The summed E-state index contributed by atoms with van der Waals surface area (Å²) in [7, 11) is 1.28. The van der Waals surface area contributed by atoms with E-state index < -0.39 is 29.2 Å². The van der Waals surface area contributed by atoms with E-state index in [0.29, 0.717) is 17.1 Å². The Morgan fingerprint density at radius 2 is 1.85 bits per heavy atom. The lowest BCUT2D eigenvalue weighted by atomic mass is 10.0. The molecular formula is C24H32F3N3O3S. The zero-order valence-corrected chi connectivity index (χ0v) is 21.4. The van der Waals surface area contributed by atoms with Gasteiger partial charge in [-0.3, -0.25) is 4.79 Å². The Bertz CT molecular complexity index is 1110. The van der Waals surface area contributed by atoms with Crippen LogP contribution in [0.4, 0.5) is 18.9 Å². The number of unbranched alkanes of at least 4 members (excludes halogenated alkanes) is 1. The van der Waals surface area contributed by atoms with Gasteiger partial charge in [0.2, 0.25) is 0 Å². The van der Waals surface area contributed by atoms with Crippen LogP contribution in [0.15, 0.2) is 23.2 Å². The maximum atomic E-state index is 13.4. The van der Waals surface area contributed by atoms with Gasteiger partial charge in [0.15, 0.2) is 4.80 Å². The highest BCUT2D eigenvalue weighted by atomic mass is 32.1. The van der Waals surface area contributed by atoms with Crippen molar-refractivity contribution >= 4 is 28.9 Å². The number of rotatable bonds is 7. The van der Waals surface area contributed by atoms with Crippen molar-refractivity contribution in [3.8, 4) is 0 Å². The van der Waals surface area contributed by atoms with Crippen molar-refractivity contribution in [2.75, 3.05) is 12.4 Å². The van der Waals surface area contributed by atoms with E-state index in [1.165, 1.54) is 24.5 Å². The molecule has 188 valence electrons. The first-order valence-electron chi connectivity index (χ1n) is 11.1. The Morgan fingerprint density at radius 1 is 1.21 bits per heavy atom. The molecule has 34 heavy (non-hydrogen) atoms. The zero-order chi connectivity index (χ0) is 25.8. The molecule has 0 saturated heterocycles. The molecule has 6 nitrogen and oxygen atoms in total. The fourth-order valence-corrected chi connectivity index (χ4v) is 4.44. The average Bonchev–Trinajstić information content (AvgIpc) is 3.08. The van der Waals surface area contributed by atoms with E-state index in [1.54, 1.807) is 4.57 Å². The van der Waals surface area contributed by atoms with E-state index >= 15 is 0 Å². The number of carbonyl (C=O) groups excluding carboxylic acids is 2. The van der Waals surface area contributed by atoms with Crippen LogP contribution in [0.5, 0.6) is 0 Å². The summed E-state index contributed by atoms with van der Waals surface area (Å²) in [5.74, 6) is -1.41. The number of amides is 1. The van der Waals surface area contributed by atoms with Crippen LogP contribution in [0.2, 0.25) is 0 Å². The number of hydrogen-bond acceptors (Lipinski definition) is 5. The Morgan fingerprint density at radius 3 is 2.35 bits per heavy atom. The van der Waals surface area contributed by atoms with E-state index in [4.69, 9.17) is 4.74 Å². The Balaban J connectivity index is 2.76. The van der Waals surface area contributed by atoms with Crippen LogP contribution in [0.1, 0.15) is 91.6 Å². The normalized spacial score (nSPS) is 12.9. The number of halogens is 3. The average molecular weight is 500 g/mol. The number of ether oxygens (including phenoxy) is 1. The third-order valence-corrected chi connectivity index (χ3v) is 6.24. The Kier molecular flexibility index (Phi) is 8.74. The fraction of sp³-hybridized carbons (Fsp3) is 0.542. The lowest BCUT2D eigenvalue weighted by molar-refractivity contribution is -0.137. The van der Waals surface area contributed by atoms with E-state index in [-0.39, 0.29) is 22.0 Å². The number of methoxy groups -OCH3 is 1. The van der Waals surface area contributed by atoms with Crippen molar-refractivity contribution in [2.45, 2.75) is 78.6 Å². The molecule has 2 aromatic rings. The van der Waals surface area contributed by atoms with Crippen molar-refractivity contribution in [2.24, 2.45) is 4.99 Å². The van der Waals surface area contributed by atoms with Gasteiger partial charge < -0.3 is 14.6 Å². The van der Waals surface area contributed by atoms with Crippen LogP contribution in [0.25, 0.3) is 0 Å². The maximum absolute atomic E-state index is 13.4. The molecule has 10 heteroatoms. The van der Waals surface area contributed by atoms with Crippen LogP contribution < -0.4 is 10.1 Å². The van der Waals surface area contributed by atoms with Crippen LogP contribution in [0.3, 0.4) is 0 Å². The van der Waals surface area contributed by atoms with E-state index in [9.17, 15) is 22.8 Å². The van der Waals surface area contributed by atoms with Gasteiger partial charge in [0.25, 0.3) is 5.91 Å². The molecule has 1 aromatic carbocycles. The minimum absolute atomic E-state index is 0.0438. The molecule has 1 N–H and O–H groups in total. The summed E-state index contributed by atoms with van der Waals surface area (Å²) in [6.45, 7) is 11.7. The number of carbonyl (C=O) groups is 2. The van der Waals surface area contributed by atoms with Crippen molar-refractivity contribution in [1.82, 2.24) is 4.57 Å². The molecule has 2 rings (SSSR count). The van der Waals surface area contributed by atoms with Gasteiger partial charge in [-0.1, -0.05) is 27.2 Å². The van der Waals surface area contributed by atoms with E-state index in [2.05, 4.69) is 10.3 Å². The molecule has 0 fully saturated rings. The summed E-state index contributed by atoms with van der Waals surface area (Å²) in [5, 5.41) is 3.08. The zero-order valence-electron chi connectivity index (χ0n) is 20.6. The largest absolute Gasteiger partial charge is 0.464 e. The van der Waals surface area contributed by atoms with Crippen LogP contribution >= 0.6 is 11.3 Å². The monoisotopic (exact) mass is 499 g/mol. The Hall–Kier alpha value is -2.62. The Labute approximate surface area is 201 Å². The van der Waals surface area contributed by atoms with Crippen LogP contribution in [0, 0.1) is 0 Å². The van der Waals surface area contributed by atoms with Crippen molar-refractivity contribution in [3.05, 3.63) is 44.7 Å². The minimum atomic E-state index is -4.61. The van der Waals surface area contributed by atoms with Crippen LogP contribution in [-0.2, 0) is 17.5 Å². The molecule has 1 amide bonds. The number of thiazole rings is 1. The highest BCUT2D eigenvalue weighted by molar-refractivity contribution is 7.09. The summed E-state index contributed by atoms with van der Waals surface area (Å²) < 4.78 is 46.8. The lowest BCUT2D eigenvalue weighted by Gasteiger charge is -2.24. The summed E-state index contributed by atoms with van der Waals surface area (Å²) in [4.78, 5) is 31.0. The number of esters is 1. The summed E-state index contributed by atoms with van der Waals surface area (Å²) >= 11 is 1.17. The number of nitrogens with one attached hydrogen (secondary N) is 1. The van der Waals surface area contributed by atoms with Crippen molar-refractivity contribution in [3.63, 3.8) is 0 Å². The smallest absolute Gasteiger partial charge is 0.416 e. The van der Waals surface area contributed by atoms with E-state index in [0.717, 1.165) is 25.0 Å². The van der Waals surface area contributed by atoms with Gasteiger partial charge in [-0.2, -0.15) is 18.2 Å². The highest BCUT2D eigenvalue weighted by Crippen LogP contribution is 2.33. The van der Waals surface area contributed by atoms with E-state index in [1.807, 2.05) is 41.5 Å². The molecule has 0 aliphatic rings. The molecular weight excluding hydrogens is 467 g/mol. The molecule has 0 spiro atoms. The molecule has 0 unspecified atom stereocenters. The third-order valence-electron chi connectivity index (χ3n) is 4.86. The molecule has 0 aliphatic heterocycles. The van der Waals surface area contributed by atoms with Gasteiger partial charge >= 0.3 is 12.1 Å². The first-order chi connectivity index (χ1) is 15.7. The summed E-state index contributed by atoms with van der Waals surface area (Å²) in [6.07, 6.45) is -3.05. The predicted molar refractivity (Wildman–Crippen MR) is 127 cm³/mol. The first-order valence-corrected chi connectivity index (χ1v) is 11.9. The number of aromatic nitrogens is 1. The summed E-state index contributed by atoms with van der Waals surface area (Å²) in [6, 6.07) is 2.99.